The van der Waals surface area contributed by atoms with Crippen molar-refractivity contribution in [3.05, 3.63) is 24.3 Å². The first-order valence-electron chi connectivity index (χ1n) is 4.11. The van der Waals surface area contributed by atoms with Gasteiger partial charge in [-0.05, 0) is 11.2 Å². The van der Waals surface area contributed by atoms with Gasteiger partial charge in [0.1, 0.15) is 6.33 Å². The van der Waals surface area contributed by atoms with E-state index in [4.69, 9.17) is 9.47 Å². The van der Waals surface area contributed by atoms with E-state index in [1.165, 1.54) is 18.6 Å². The van der Waals surface area contributed by atoms with Crippen LogP contribution in [0.3, 0.4) is 0 Å². The van der Waals surface area contributed by atoms with Gasteiger partial charge in [0.2, 0.25) is 0 Å². The third kappa shape index (κ3) is 2.39. The summed E-state index contributed by atoms with van der Waals surface area (Å²) >= 11 is 0. The van der Waals surface area contributed by atoms with Gasteiger partial charge < -0.3 is 14.3 Å². The van der Waals surface area contributed by atoms with Crippen molar-refractivity contribution in [2.75, 3.05) is 13.4 Å². The molecule has 0 aliphatic carbocycles. The van der Waals surface area contributed by atoms with Crippen LogP contribution in [0.1, 0.15) is 10.5 Å². The minimum Gasteiger partial charge on any atom is -0.451 e. The van der Waals surface area contributed by atoms with Crippen LogP contribution < -0.4 is 0 Å². The molecule has 15 heavy (non-hydrogen) atoms. The van der Waals surface area contributed by atoms with Gasteiger partial charge in [-0.25, -0.2) is 14.8 Å². The fourth-order valence-corrected chi connectivity index (χ4v) is 0.900. The lowest BCUT2D eigenvalue weighted by atomic mass is 10.4. The molecule has 0 bridgehead atoms. The first-order valence-corrected chi connectivity index (χ1v) is 4.11. The Kier molecular flexibility index (Phi) is 2.72. The molecule has 0 saturated carbocycles. The molecule has 0 unspecified atom stereocenters. The van der Waals surface area contributed by atoms with E-state index >= 15 is 0 Å². The van der Waals surface area contributed by atoms with Crippen LogP contribution in [0.15, 0.2) is 23.7 Å². The summed E-state index contributed by atoms with van der Waals surface area (Å²) in [5.74, 6) is -0.326. The first-order chi connectivity index (χ1) is 7.36. The Bertz CT molecular complexity index is 379. The summed E-state index contributed by atoms with van der Waals surface area (Å²) in [6, 6.07) is 1.45. The van der Waals surface area contributed by atoms with E-state index in [1.54, 1.807) is 0 Å². The number of carbonyl (C=O) groups is 1. The quantitative estimate of drug-likeness (QED) is 0.649. The van der Waals surface area contributed by atoms with Gasteiger partial charge in [0, 0.05) is 6.20 Å². The van der Waals surface area contributed by atoms with Crippen molar-refractivity contribution in [2.45, 2.75) is 0 Å². The van der Waals surface area contributed by atoms with Crippen LogP contribution in [0.4, 0.5) is 0 Å². The maximum atomic E-state index is 11.3. The smallest absolute Gasteiger partial charge is 0.357 e. The lowest BCUT2D eigenvalue weighted by Crippen LogP contribution is -2.15. The number of hydrogen-bond donors (Lipinski definition) is 0. The molecule has 0 saturated heterocycles. The molecule has 0 radical (unpaired) electrons. The zero-order valence-corrected chi connectivity index (χ0v) is 7.62. The summed E-state index contributed by atoms with van der Waals surface area (Å²) < 4.78 is 9.70. The minimum absolute atomic E-state index is 0.0559. The first kappa shape index (κ1) is 9.38. The molecule has 0 N–H and O–H groups in total. The van der Waals surface area contributed by atoms with Crippen LogP contribution in [0.5, 0.6) is 0 Å². The molecule has 0 spiro atoms. The van der Waals surface area contributed by atoms with E-state index in [2.05, 4.69) is 20.0 Å². The minimum atomic E-state index is -0.560. The van der Waals surface area contributed by atoms with Crippen LogP contribution >= 0.6 is 0 Å². The second-order valence-electron chi connectivity index (χ2n) is 2.55. The van der Waals surface area contributed by atoms with E-state index in [9.17, 15) is 4.79 Å². The third-order valence-electron chi connectivity index (χ3n) is 1.56. The second kappa shape index (κ2) is 4.36. The zero-order valence-electron chi connectivity index (χ0n) is 7.62. The lowest BCUT2D eigenvalue weighted by molar-refractivity contribution is 0.0472. The highest BCUT2D eigenvalue weighted by molar-refractivity contribution is 5.89. The van der Waals surface area contributed by atoms with Gasteiger partial charge >= 0.3 is 5.97 Å². The van der Waals surface area contributed by atoms with Crippen molar-refractivity contribution in [3.63, 3.8) is 0 Å². The predicted octanol–water partition coefficient (Wildman–Crippen LogP) is -0.0488. The van der Waals surface area contributed by atoms with E-state index in [1.807, 2.05) is 0 Å². The molecule has 0 amide bonds. The number of oxime groups is 1. The zero-order chi connectivity index (χ0) is 10.5. The molecule has 1 aromatic rings. The maximum Gasteiger partial charge on any atom is 0.357 e. The van der Waals surface area contributed by atoms with Gasteiger partial charge in [-0.3, -0.25) is 0 Å². The Hall–Kier alpha value is -2.18. The summed E-state index contributed by atoms with van der Waals surface area (Å²) in [6.07, 6.45) is 2.72. The van der Waals surface area contributed by atoms with Crippen molar-refractivity contribution in [2.24, 2.45) is 5.16 Å². The van der Waals surface area contributed by atoms with Crippen LogP contribution in [0, 0.1) is 0 Å². The number of nitrogens with zero attached hydrogens (tertiary/aromatic N) is 3. The van der Waals surface area contributed by atoms with Gasteiger partial charge in [-0.15, -0.1) is 0 Å². The Balaban J connectivity index is 1.87. The molecular formula is C8H7N3O4. The van der Waals surface area contributed by atoms with E-state index in [0.717, 1.165) is 0 Å². The largest absolute Gasteiger partial charge is 0.451 e. The van der Waals surface area contributed by atoms with E-state index in [0.29, 0.717) is 0 Å². The number of rotatable bonds is 3. The fourth-order valence-electron chi connectivity index (χ4n) is 0.900. The average Bonchev–Trinajstić information content (AvgIpc) is 2.80. The number of esters is 1. The molecule has 2 heterocycles. The van der Waals surface area contributed by atoms with Crippen molar-refractivity contribution in [3.8, 4) is 0 Å². The predicted molar refractivity (Wildman–Crippen MR) is 46.8 cm³/mol. The van der Waals surface area contributed by atoms with Crippen molar-refractivity contribution < 1.29 is 19.1 Å². The lowest BCUT2D eigenvalue weighted by Gasteiger charge is -2.01. The maximum absolute atomic E-state index is 11.3. The highest BCUT2D eigenvalue weighted by Crippen LogP contribution is 1.99. The SMILES string of the molecule is O=C(OCC1=NOCO1)c1ccncn1. The average molecular weight is 209 g/mol. The van der Waals surface area contributed by atoms with Crippen LogP contribution in [0.2, 0.25) is 0 Å². The molecule has 1 aliphatic heterocycles. The van der Waals surface area contributed by atoms with E-state index < -0.39 is 5.97 Å². The summed E-state index contributed by atoms with van der Waals surface area (Å²) in [7, 11) is 0. The molecule has 0 aromatic carbocycles. The highest BCUT2D eigenvalue weighted by atomic mass is 16.8. The van der Waals surface area contributed by atoms with Crippen LogP contribution in [0.25, 0.3) is 0 Å². The summed E-state index contributed by atoms with van der Waals surface area (Å²) in [5, 5.41) is 3.49. The molecule has 0 fully saturated rings. The molecule has 7 heteroatoms. The van der Waals surface area contributed by atoms with Gasteiger partial charge in [0.05, 0.1) is 0 Å². The Labute approximate surface area is 84.7 Å². The van der Waals surface area contributed by atoms with E-state index in [-0.39, 0.29) is 25.0 Å². The Morgan fingerprint density at radius 2 is 2.53 bits per heavy atom. The second-order valence-corrected chi connectivity index (χ2v) is 2.55. The number of carbonyl (C=O) groups excluding carboxylic acids is 1. The molecule has 78 valence electrons. The van der Waals surface area contributed by atoms with Crippen molar-refractivity contribution >= 4 is 11.9 Å². The third-order valence-corrected chi connectivity index (χ3v) is 1.56. The fraction of sp³-hybridized carbons (Fsp3) is 0.250. The van der Waals surface area contributed by atoms with Gasteiger partial charge in [-0.1, -0.05) is 0 Å². The van der Waals surface area contributed by atoms with Crippen LogP contribution in [-0.4, -0.2) is 35.2 Å². The summed E-state index contributed by atoms with van der Waals surface area (Å²) in [5.41, 5.74) is 0.185. The van der Waals surface area contributed by atoms with Gasteiger partial charge in [-0.2, -0.15) is 0 Å². The number of ether oxygens (including phenoxy) is 2. The summed E-state index contributed by atoms with van der Waals surface area (Å²) in [6.45, 7) is -0.0107. The normalized spacial score (nSPS) is 13.7. The Morgan fingerprint density at radius 1 is 1.60 bits per heavy atom. The molecule has 0 atom stereocenters. The molecule has 2 rings (SSSR count). The molecule has 1 aromatic heterocycles. The monoisotopic (exact) mass is 209 g/mol. The molecule has 7 nitrogen and oxygen atoms in total. The number of aromatic nitrogens is 2. The standard InChI is InChI=1S/C8H7N3O4/c12-8(6-1-2-9-4-10-6)13-3-7-11-15-5-14-7/h1-2,4H,3,5H2. The van der Waals surface area contributed by atoms with Crippen molar-refractivity contribution in [1.29, 1.82) is 0 Å². The number of hydrogen-bond acceptors (Lipinski definition) is 7. The van der Waals surface area contributed by atoms with Gasteiger partial charge in [0.25, 0.3) is 12.7 Å². The molecular weight excluding hydrogens is 202 g/mol. The van der Waals surface area contributed by atoms with Crippen LogP contribution in [-0.2, 0) is 14.3 Å². The summed E-state index contributed by atoms with van der Waals surface area (Å²) in [4.78, 5) is 23.3. The van der Waals surface area contributed by atoms with Crippen molar-refractivity contribution in [1.82, 2.24) is 9.97 Å². The topological polar surface area (TPSA) is 82.9 Å². The molecule has 1 aliphatic rings. The van der Waals surface area contributed by atoms with Gasteiger partial charge in [0.15, 0.2) is 12.3 Å². The Morgan fingerprint density at radius 3 is 3.20 bits per heavy atom. The highest BCUT2D eigenvalue weighted by Gasteiger charge is 2.13.